The van der Waals surface area contributed by atoms with Gasteiger partial charge in [0.15, 0.2) is 5.96 Å². The number of nitrogens with zero attached hydrogens (tertiary/aromatic N) is 2. The molecule has 0 bridgehead atoms. The number of anilines is 1. The second-order valence-electron chi connectivity index (χ2n) is 5.60. The first kappa shape index (κ1) is 23.2. The number of rotatable bonds is 8. The van der Waals surface area contributed by atoms with E-state index in [1.165, 1.54) is 11.8 Å². The van der Waals surface area contributed by atoms with Gasteiger partial charge in [0.05, 0.1) is 11.6 Å². The number of hydrogen-bond donors (Lipinski definition) is 3. The van der Waals surface area contributed by atoms with Crippen LogP contribution in [-0.2, 0) is 11.2 Å². The van der Waals surface area contributed by atoms with Gasteiger partial charge in [-0.15, -0.1) is 35.3 Å². The zero-order valence-electron chi connectivity index (χ0n) is 15.7. The molecule has 0 spiro atoms. The number of aryl methyl sites for hydroxylation is 1. The molecule has 0 unspecified atom stereocenters. The van der Waals surface area contributed by atoms with Gasteiger partial charge in [-0.2, -0.15) is 0 Å². The predicted molar refractivity (Wildman–Crippen MR) is 122 cm³/mol. The minimum Gasteiger partial charge on any atom is -0.492 e. The summed E-state index contributed by atoms with van der Waals surface area (Å²) in [5.41, 5.74) is 0.720. The maximum absolute atomic E-state index is 11.1. The number of nitrogens with one attached hydrogen (secondary N) is 3. The molecule has 1 aromatic heterocycles. The molecule has 9 heteroatoms. The first-order valence-corrected chi connectivity index (χ1v) is 9.24. The highest BCUT2D eigenvalue weighted by Gasteiger charge is 2.02. The Bertz CT molecular complexity index is 751. The number of amides is 1. The number of halogens is 1. The number of carbonyl (C=O) groups is 1. The monoisotopic (exact) mass is 503 g/mol. The summed E-state index contributed by atoms with van der Waals surface area (Å²) in [6.07, 6.45) is 2.76. The minimum atomic E-state index is -0.105. The normalized spacial score (nSPS) is 10.7. The number of thiazole rings is 1. The van der Waals surface area contributed by atoms with E-state index in [0.29, 0.717) is 18.9 Å². The molecular formula is C18H26IN5O2S. The minimum absolute atomic E-state index is 0. The fraction of sp³-hybridized carbons (Fsp3) is 0.389. The van der Waals surface area contributed by atoms with Crippen molar-refractivity contribution in [1.29, 1.82) is 0 Å². The van der Waals surface area contributed by atoms with E-state index >= 15 is 0 Å². The molecule has 1 heterocycles. The Kier molecular flexibility index (Phi) is 10.7. The lowest BCUT2D eigenvalue weighted by molar-refractivity contribution is -0.114. The Hall–Kier alpha value is -1.88. The van der Waals surface area contributed by atoms with Crippen LogP contribution in [0.3, 0.4) is 0 Å². The lowest BCUT2D eigenvalue weighted by Crippen LogP contribution is -2.40. The highest BCUT2D eigenvalue weighted by molar-refractivity contribution is 14.0. The van der Waals surface area contributed by atoms with Crippen LogP contribution in [0.2, 0.25) is 0 Å². The van der Waals surface area contributed by atoms with Crippen LogP contribution in [0.25, 0.3) is 0 Å². The first-order chi connectivity index (χ1) is 12.6. The SMILES string of the molecule is CN=C(NCCOc1cccc(NC(C)=O)c1)NCCc1ncc(C)s1.I. The largest absolute Gasteiger partial charge is 0.492 e. The van der Waals surface area contributed by atoms with Crippen molar-refractivity contribution >= 4 is 52.9 Å². The van der Waals surface area contributed by atoms with Crippen molar-refractivity contribution in [2.45, 2.75) is 20.3 Å². The van der Waals surface area contributed by atoms with E-state index in [2.05, 4.69) is 32.9 Å². The number of benzene rings is 1. The summed E-state index contributed by atoms with van der Waals surface area (Å²) in [7, 11) is 1.74. The maximum Gasteiger partial charge on any atom is 0.221 e. The van der Waals surface area contributed by atoms with Gasteiger partial charge in [0, 0.05) is 49.8 Å². The summed E-state index contributed by atoms with van der Waals surface area (Å²) in [6.45, 7) is 5.40. The number of carbonyl (C=O) groups excluding carboxylic acids is 1. The van der Waals surface area contributed by atoms with Gasteiger partial charge in [-0.05, 0) is 19.1 Å². The average Bonchev–Trinajstić information content (AvgIpc) is 3.02. The zero-order chi connectivity index (χ0) is 18.8. The molecule has 7 nitrogen and oxygen atoms in total. The van der Waals surface area contributed by atoms with Gasteiger partial charge in [-0.1, -0.05) is 6.07 Å². The molecule has 0 fully saturated rings. The fourth-order valence-electron chi connectivity index (χ4n) is 2.23. The van der Waals surface area contributed by atoms with Crippen molar-refractivity contribution in [3.05, 3.63) is 40.3 Å². The van der Waals surface area contributed by atoms with Crippen LogP contribution in [-0.4, -0.2) is 43.6 Å². The van der Waals surface area contributed by atoms with Gasteiger partial charge < -0.3 is 20.7 Å². The highest BCUT2D eigenvalue weighted by atomic mass is 127. The lowest BCUT2D eigenvalue weighted by atomic mass is 10.3. The van der Waals surface area contributed by atoms with E-state index in [4.69, 9.17) is 4.74 Å². The van der Waals surface area contributed by atoms with Crippen LogP contribution >= 0.6 is 35.3 Å². The molecule has 0 atom stereocenters. The molecule has 0 aliphatic carbocycles. The number of aliphatic imine (C=N–C) groups is 1. The summed E-state index contributed by atoms with van der Waals surface area (Å²) in [4.78, 5) is 20.8. The van der Waals surface area contributed by atoms with Crippen molar-refractivity contribution in [1.82, 2.24) is 15.6 Å². The Balaban J connectivity index is 0.00000364. The molecule has 0 radical (unpaired) electrons. The molecule has 0 aliphatic heterocycles. The summed E-state index contributed by atoms with van der Waals surface area (Å²) in [5.74, 6) is 1.33. The molecule has 0 saturated carbocycles. The van der Waals surface area contributed by atoms with Crippen molar-refractivity contribution in [2.24, 2.45) is 4.99 Å². The van der Waals surface area contributed by atoms with E-state index < -0.39 is 0 Å². The molecule has 2 rings (SSSR count). The van der Waals surface area contributed by atoms with Crippen molar-refractivity contribution in [2.75, 3.05) is 32.1 Å². The third kappa shape index (κ3) is 9.05. The molecule has 2 aromatic rings. The summed E-state index contributed by atoms with van der Waals surface area (Å²) < 4.78 is 5.69. The van der Waals surface area contributed by atoms with Crippen LogP contribution in [0.4, 0.5) is 5.69 Å². The van der Waals surface area contributed by atoms with Gasteiger partial charge in [0.25, 0.3) is 0 Å². The summed E-state index contributed by atoms with van der Waals surface area (Å²) in [6, 6.07) is 7.32. The lowest BCUT2D eigenvalue weighted by Gasteiger charge is -2.12. The quantitative estimate of drug-likeness (QED) is 0.223. The van der Waals surface area contributed by atoms with Gasteiger partial charge in [-0.3, -0.25) is 9.79 Å². The van der Waals surface area contributed by atoms with E-state index in [1.54, 1.807) is 24.5 Å². The van der Waals surface area contributed by atoms with E-state index in [9.17, 15) is 4.79 Å². The van der Waals surface area contributed by atoms with Crippen molar-refractivity contribution < 1.29 is 9.53 Å². The predicted octanol–water partition coefficient (Wildman–Crippen LogP) is 2.81. The topological polar surface area (TPSA) is 87.6 Å². The second-order valence-corrected chi connectivity index (χ2v) is 6.92. The van der Waals surface area contributed by atoms with Gasteiger partial charge in [0.1, 0.15) is 12.4 Å². The Labute approximate surface area is 181 Å². The van der Waals surface area contributed by atoms with E-state index in [1.807, 2.05) is 24.4 Å². The molecule has 3 N–H and O–H groups in total. The smallest absolute Gasteiger partial charge is 0.221 e. The number of aromatic nitrogens is 1. The third-order valence-electron chi connectivity index (χ3n) is 3.34. The fourth-order valence-corrected chi connectivity index (χ4v) is 3.02. The molecular weight excluding hydrogens is 477 g/mol. The Morgan fingerprint density at radius 3 is 2.74 bits per heavy atom. The molecule has 0 aliphatic rings. The van der Waals surface area contributed by atoms with Crippen LogP contribution in [0.1, 0.15) is 16.8 Å². The maximum atomic E-state index is 11.1. The van der Waals surface area contributed by atoms with E-state index in [-0.39, 0.29) is 29.9 Å². The standard InChI is InChI=1S/C18H25N5O2S.HI/c1-13-12-22-17(26-13)7-8-20-18(19-3)21-9-10-25-16-6-4-5-15(11-16)23-14(2)24;/h4-6,11-12H,7-10H2,1-3H3,(H,23,24)(H2,19,20,21);1H. The van der Waals surface area contributed by atoms with E-state index in [0.717, 1.165) is 29.6 Å². The van der Waals surface area contributed by atoms with Crippen LogP contribution in [0, 0.1) is 6.92 Å². The van der Waals surface area contributed by atoms with Crippen LogP contribution < -0.4 is 20.7 Å². The van der Waals surface area contributed by atoms with Crippen LogP contribution in [0.5, 0.6) is 5.75 Å². The van der Waals surface area contributed by atoms with Gasteiger partial charge in [0.2, 0.25) is 5.91 Å². The second kappa shape index (κ2) is 12.5. The Morgan fingerprint density at radius 1 is 1.30 bits per heavy atom. The Morgan fingerprint density at radius 2 is 2.07 bits per heavy atom. The average molecular weight is 503 g/mol. The number of ether oxygens (including phenoxy) is 1. The molecule has 1 amide bonds. The highest BCUT2D eigenvalue weighted by Crippen LogP contribution is 2.17. The number of hydrogen-bond acceptors (Lipinski definition) is 5. The van der Waals surface area contributed by atoms with Gasteiger partial charge in [-0.25, -0.2) is 4.98 Å². The van der Waals surface area contributed by atoms with Crippen molar-refractivity contribution in [3.63, 3.8) is 0 Å². The zero-order valence-corrected chi connectivity index (χ0v) is 18.9. The number of guanidine groups is 1. The third-order valence-corrected chi connectivity index (χ3v) is 4.31. The molecule has 1 aromatic carbocycles. The molecule has 0 saturated heterocycles. The van der Waals surface area contributed by atoms with Gasteiger partial charge >= 0.3 is 0 Å². The summed E-state index contributed by atoms with van der Waals surface area (Å²) >= 11 is 1.71. The first-order valence-electron chi connectivity index (χ1n) is 8.43. The van der Waals surface area contributed by atoms with Crippen LogP contribution in [0.15, 0.2) is 35.5 Å². The molecule has 27 heavy (non-hydrogen) atoms. The molecule has 148 valence electrons. The van der Waals surface area contributed by atoms with Crippen molar-refractivity contribution in [3.8, 4) is 5.75 Å². The summed E-state index contributed by atoms with van der Waals surface area (Å²) in [5, 5.41) is 10.3.